The molecule has 1 atom stereocenters. The number of benzene rings is 1. The van der Waals surface area contributed by atoms with Gasteiger partial charge in [0.25, 0.3) is 0 Å². The number of halogens is 1. The molecule has 194 valence electrons. The van der Waals surface area contributed by atoms with Crippen LogP contribution in [-0.4, -0.2) is 98.7 Å². The average Bonchev–Trinajstić information content (AvgIpc) is 2.93. The zero-order valence-corrected chi connectivity index (χ0v) is 20.6. The number of rotatable bonds is 9. The van der Waals surface area contributed by atoms with E-state index in [4.69, 9.17) is 4.74 Å². The molecule has 2 saturated heterocycles. The Morgan fingerprint density at radius 2 is 1.69 bits per heavy atom. The predicted octanol–water partition coefficient (Wildman–Crippen LogP) is 1.04. The quantitative estimate of drug-likeness (QED) is 0.394. The Balaban J connectivity index is 1.26. The Hall–Kier alpha value is -3.08. The third kappa shape index (κ3) is 7.46. The van der Waals surface area contributed by atoms with Crippen LogP contribution in [0.2, 0.25) is 0 Å². The van der Waals surface area contributed by atoms with E-state index in [2.05, 4.69) is 30.3 Å². The Morgan fingerprint density at radius 3 is 2.39 bits per heavy atom. The molecule has 9 nitrogen and oxygen atoms in total. The van der Waals surface area contributed by atoms with Crippen molar-refractivity contribution in [1.29, 1.82) is 0 Å². The van der Waals surface area contributed by atoms with E-state index in [0.717, 1.165) is 76.7 Å². The van der Waals surface area contributed by atoms with Crippen molar-refractivity contribution in [2.24, 2.45) is 0 Å². The summed E-state index contributed by atoms with van der Waals surface area (Å²) in [5.41, 5.74) is 1.98. The zero-order chi connectivity index (χ0) is 25.2. The van der Waals surface area contributed by atoms with Crippen molar-refractivity contribution >= 4 is 17.5 Å². The van der Waals surface area contributed by atoms with Crippen molar-refractivity contribution in [3.8, 4) is 0 Å². The molecule has 3 heterocycles. The Labute approximate surface area is 211 Å². The monoisotopic (exact) mass is 498 g/mol. The number of morpholine rings is 1. The molecule has 2 aliphatic rings. The SMILES string of the molecule is O=C(NCCCN1CCOCC1)C(=O)NCC(c1cccnc1)N1CCN(c2ccc(F)cc2)CC1. The normalized spacial score (nSPS) is 18.0. The van der Waals surface area contributed by atoms with E-state index < -0.39 is 11.8 Å². The van der Waals surface area contributed by atoms with E-state index in [1.54, 1.807) is 24.5 Å². The van der Waals surface area contributed by atoms with Gasteiger partial charge in [-0.2, -0.15) is 0 Å². The highest BCUT2D eigenvalue weighted by Crippen LogP contribution is 2.23. The molecule has 2 fully saturated rings. The van der Waals surface area contributed by atoms with E-state index in [9.17, 15) is 14.0 Å². The molecule has 2 aliphatic heterocycles. The average molecular weight is 499 g/mol. The van der Waals surface area contributed by atoms with Crippen LogP contribution in [-0.2, 0) is 14.3 Å². The van der Waals surface area contributed by atoms with Gasteiger partial charge in [-0.05, 0) is 48.9 Å². The van der Waals surface area contributed by atoms with Gasteiger partial charge in [0, 0.05) is 70.4 Å². The lowest BCUT2D eigenvalue weighted by atomic mass is 10.1. The summed E-state index contributed by atoms with van der Waals surface area (Å²) in [6, 6.07) is 10.3. The van der Waals surface area contributed by atoms with Crippen LogP contribution in [0.4, 0.5) is 10.1 Å². The molecule has 0 bridgehead atoms. The summed E-state index contributed by atoms with van der Waals surface area (Å²) in [5.74, 6) is -1.48. The molecule has 4 rings (SSSR count). The summed E-state index contributed by atoms with van der Waals surface area (Å²) in [6.07, 6.45) is 4.31. The first-order valence-electron chi connectivity index (χ1n) is 12.6. The molecule has 1 aromatic heterocycles. The van der Waals surface area contributed by atoms with Crippen LogP contribution in [0, 0.1) is 5.82 Å². The van der Waals surface area contributed by atoms with Crippen LogP contribution >= 0.6 is 0 Å². The number of pyridine rings is 1. The molecule has 10 heteroatoms. The maximum Gasteiger partial charge on any atom is 0.309 e. The lowest BCUT2D eigenvalue weighted by Crippen LogP contribution is -2.51. The summed E-state index contributed by atoms with van der Waals surface area (Å²) < 4.78 is 18.6. The number of aromatic nitrogens is 1. The standard InChI is InChI=1S/C26H35FN6O3/c27-22-4-6-23(7-5-22)32-11-13-33(14-12-32)24(21-3-1-8-28-19-21)20-30-26(35)25(34)29-9-2-10-31-15-17-36-18-16-31/h1,3-8,19,24H,2,9-18,20H2,(H,29,34)(H,30,35). The summed E-state index contributed by atoms with van der Waals surface area (Å²) in [4.78, 5) is 35.9. The molecule has 36 heavy (non-hydrogen) atoms. The molecule has 0 radical (unpaired) electrons. The third-order valence-corrected chi connectivity index (χ3v) is 6.72. The predicted molar refractivity (Wildman–Crippen MR) is 135 cm³/mol. The maximum absolute atomic E-state index is 13.3. The third-order valence-electron chi connectivity index (χ3n) is 6.72. The molecule has 2 aromatic rings. The number of ether oxygens (including phenoxy) is 1. The number of nitrogens with zero attached hydrogens (tertiary/aromatic N) is 4. The van der Waals surface area contributed by atoms with Crippen LogP contribution in [0.25, 0.3) is 0 Å². The minimum atomic E-state index is -0.625. The van der Waals surface area contributed by atoms with Crippen molar-refractivity contribution in [2.75, 3.05) is 77.0 Å². The fraction of sp³-hybridized carbons (Fsp3) is 0.500. The van der Waals surface area contributed by atoms with Gasteiger partial charge in [0.1, 0.15) is 5.82 Å². The Kier molecular flexibility index (Phi) is 9.60. The number of hydrogen-bond donors (Lipinski definition) is 2. The smallest absolute Gasteiger partial charge is 0.309 e. The van der Waals surface area contributed by atoms with Crippen molar-refractivity contribution in [1.82, 2.24) is 25.4 Å². The lowest BCUT2D eigenvalue weighted by Gasteiger charge is -2.40. The minimum absolute atomic E-state index is 0.105. The number of carbonyl (C=O) groups is 2. The summed E-state index contributed by atoms with van der Waals surface area (Å²) in [5, 5.41) is 5.54. The van der Waals surface area contributed by atoms with Gasteiger partial charge in [0.2, 0.25) is 0 Å². The Bertz CT molecular complexity index is 963. The number of carbonyl (C=O) groups excluding carboxylic acids is 2. The highest BCUT2D eigenvalue weighted by atomic mass is 19.1. The van der Waals surface area contributed by atoms with Crippen molar-refractivity contribution in [2.45, 2.75) is 12.5 Å². The first kappa shape index (κ1) is 26.0. The van der Waals surface area contributed by atoms with Gasteiger partial charge in [-0.1, -0.05) is 6.07 Å². The lowest BCUT2D eigenvalue weighted by molar-refractivity contribution is -0.139. The molecule has 1 aromatic carbocycles. The number of amides is 2. The fourth-order valence-corrected chi connectivity index (χ4v) is 4.65. The molecule has 0 saturated carbocycles. The van der Waals surface area contributed by atoms with Crippen molar-refractivity contribution in [3.63, 3.8) is 0 Å². The number of hydrogen-bond acceptors (Lipinski definition) is 7. The summed E-state index contributed by atoms with van der Waals surface area (Å²) in [6.45, 7) is 8.02. The number of piperazine rings is 1. The van der Waals surface area contributed by atoms with E-state index in [1.807, 2.05) is 12.1 Å². The molecule has 0 aliphatic carbocycles. The highest BCUT2D eigenvalue weighted by Gasteiger charge is 2.27. The summed E-state index contributed by atoms with van der Waals surface area (Å²) in [7, 11) is 0. The Morgan fingerprint density at radius 1 is 0.972 bits per heavy atom. The van der Waals surface area contributed by atoms with Gasteiger partial charge < -0.3 is 20.3 Å². The van der Waals surface area contributed by atoms with Gasteiger partial charge in [-0.25, -0.2) is 4.39 Å². The zero-order valence-electron chi connectivity index (χ0n) is 20.6. The van der Waals surface area contributed by atoms with Gasteiger partial charge in [0.15, 0.2) is 0 Å². The largest absolute Gasteiger partial charge is 0.379 e. The molecule has 2 amide bonds. The second-order valence-electron chi connectivity index (χ2n) is 9.08. The van der Waals surface area contributed by atoms with Gasteiger partial charge in [0.05, 0.1) is 19.3 Å². The first-order valence-corrected chi connectivity index (χ1v) is 12.6. The molecule has 1 unspecified atom stereocenters. The topological polar surface area (TPSA) is 90.0 Å². The minimum Gasteiger partial charge on any atom is -0.379 e. The van der Waals surface area contributed by atoms with E-state index >= 15 is 0 Å². The molecular weight excluding hydrogens is 463 g/mol. The van der Waals surface area contributed by atoms with E-state index in [1.165, 1.54) is 12.1 Å². The molecule has 2 N–H and O–H groups in total. The van der Waals surface area contributed by atoms with Gasteiger partial charge in [-0.15, -0.1) is 0 Å². The van der Waals surface area contributed by atoms with Gasteiger partial charge in [-0.3, -0.25) is 24.4 Å². The number of anilines is 1. The molecular formula is C26H35FN6O3. The second-order valence-corrected chi connectivity index (χ2v) is 9.08. The van der Waals surface area contributed by atoms with E-state index in [-0.39, 0.29) is 11.9 Å². The first-order chi connectivity index (χ1) is 17.6. The van der Waals surface area contributed by atoms with Crippen LogP contribution < -0.4 is 15.5 Å². The highest BCUT2D eigenvalue weighted by molar-refractivity contribution is 6.35. The summed E-state index contributed by atoms with van der Waals surface area (Å²) >= 11 is 0. The van der Waals surface area contributed by atoms with Crippen molar-refractivity contribution < 1.29 is 18.7 Å². The van der Waals surface area contributed by atoms with Crippen LogP contribution in [0.5, 0.6) is 0 Å². The van der Waals surface area contributed by atoms with Crippen LogP contribution in [0.1, 0.15) is 18.0 Å². The maximum atomic E-state index is 13.3. The van der Waals surface area contributed by atoms with Crippen LogP contribution in [0.3, 0.4) is 0 Å². The number of nitrogens with one attached hydrogen (secondary N) is 2. The van der Waals surface area contributed by atoms with E-state index in [0.29, 0.717) is 13.1 Å². The van der Waals surface area contributed by atoms with Gasteiger partial charge >= 0.3 is 11.8 Å². The van der Waals surface area contributed by atoms with Crippen molar-refractivity contribution in [3.05, 3.63) is 60.2 Å². The molecule has 0 spiro atoms. The van der Waals surface area contributed by atoms with Crippen LogP contribution in [0.15, 0.2) is 48.8 Å². The fourth-order valence-electron chi connectivity index (χ4n) is 4.65. The second kappa shape index (κ2) is 13.3.